The van der Waals surface area contributed by atoms with Gasteiger partial charge in [0.25, 0.3) is 0 Å². The van der Waals surface area contributed by atoms with Crippen LogP contribution in [0.3, 0.4) is 0 Å². The lowest BCUT2D eigenvalue weighted by Gasteiger charge is -2.10. The van der Waals surface area contributed by atoms with Crippen LogP contribution in [0, 0.1) is 13.8 Å². The average Bonchev–Trinajstić information content (AvgIpc) is 2.41. The van der Waals surface area contributed by atoms with E-state index >= 15 is 0 Å². The largest absolute Gasteiger partial charge is 0.340 e. The predicted molar refractivity (Wildman–Crippen MR) is 80.9 cm³/mol. The lowest BCUT2D eigenvalue weighted by molar-refractivity contribution is 1.32. The number of hydrogen-bond donors (Lipinski definition) is 1. The predicted octanol–water partition coefficient (Wildman–Crippen LogP) is 4.60. The van der Waals surface area contributed by atoms with Crippen molar-refractivity contribution < 1.29 is 0 Å². The van der Waals surface area contributed by atoms with Crippen LogP contribution in [0.2, 0.25) is 0 Å². The number of para-hydroxylation sites is 2. The van der Waals surface area contributed by atoms with Gasteiger partial charge < -0.3 is 5.32 Å². The number of benzene rings is 2. The second kappa shape index (κ2) is 4.73. The molecule has 0 amide bonds. The Balaban J connectivity index is 2.08. The number of nitrogens with zero attached hydrogens (tertiary/aromatic N) is 1. The minimum Gasteiger partial charge on any atom is -0.340 e. The third-order valence-corrected chi connectivity index (χ3v) is 3.29. The van der Waals surface area contributed by atoms with E-state index < -0.39 is 0 Å². The molecule has 1 aromatic heterocycles. The summed E-state index contributed by atoms with van der Waals surface area (Å²) in [5.41, 5.74) is 4.58. The lowest BCUT2D eigenvalue weighted by Crippen LogP contribution is -1.96. The van der Waals surface area contributed by atoms with Gasteiger partial charge in [0.05, 0.1) is 5.52 Å². The Morgan fingerprint density at radius 2 is 1.63 bits per heavy atom. The van der Waals surface area contributed by atoms with E-state index in [4.69, 9.17) is 4.98 Å². The zero-order valence-corrected chi connectivity index (χ0v) is 11.1. The van der Waals surface area contributed by atoms with E-state index in [0.29, 0.717) is 0 Å². The van der Waals surface area contributed by atoms with Crippen LogP contribution in [0.15, 0.2) is 54.6 Å². The molecule has 0 aliphatic rings. The highest BCUT2D eigenvalue weighted by molar-refractivity contribution is 5.86. The van der Waals surface area contributed by atoms with Gasteiger partial charge >= 0.3 is 0 Å². The zero-order chi connectivity index (χ0) is 13.2. The molecule has 19 heavy (non-hydrogen) atoms. The molecule has 2 heteroatoms. The summed E-state index contributed by atoms with van der Waals surface area (Å²) in [5, 5.41) is 4.57. The molecule has 0 saturated heterocycles. The Morgan fingerprint density at radius 1 is 0.842 bits per heavy atom. The van der Waals surface area contributed by atoms with Crippen molar-refractivity contribution in [2.45, 2.75) is 13.8 Å². The molecule has 0 radical (unpaired) electrons. The fraction of sp³-hybridized carbons (Fsp3) is 0.118. The number of fused-ring (bicyclic) bond motifs is 1. The van der Waals surface area contributed by atoms with Gasteiger partial charge in [0.15, 0.2) is 0 Å². The summed E-state index contributed by atoms with van der Waals surface area (Å²) in [7, 11) is 0. The number of rotatable bonds is 2. The first-order valence-corrected chi connectivity index (χ1v) is 6.43. The monoisotopic (exact) mass is 248 g/mol. The van der Waals surface area contributed by atoms with E-state index in [0.717, 1.165) is 17.0 Å². The van der Waals surface area contributed by atoms with Crippen molar-refractivity contribution in [3.05, 3.63) is 65.7 Å². The third kappa shape index (κ3) is 2.29. The first-order chi connectivity index (χ1) is 9.24. The van der Waals surface area contributed by atoms with Crippen molar-refractivity contribution in [3.63, 3.8) is 0 Å². The molecular formula is C17H16N2. The molecule has 3 rings (SSSR count). The molecule has 0 fully saturated rings. The van der Waals surface area contributed by atoms with Gasteiger partial charge in [0, 0.05) is 11.1 Å². The number of aromatic nitrogens is 1. The Morgan fingerprint density at radius 3 is 2.42 bits per heavy atom. The minimum atomic E-state index is 0.894. The number of hydrogen-bond acceptors (Lipinski definition) is 2. The zero-order valence-electron chi connectivity index (χ0n) is 11.1. The van der Waals surface area contributed by atoms with Crippen LogP contribution in [-0.2, 0) is 0 Å². The maximum Gasteiger partial charge on any atom is 0.131 e. The van der Waals surface area contributed by atoms with E-state index in [1.807, 2.05) is 30.3 Å². The second-order valence-electron chi connectivity index (χ2n) is 4.79. The van der Waals surface area contributed by atoms with E-state index in [1.165, 1.54) is 16.5 Å². The van der Waals surface area contributed by atoms with Gasteiger partial charge in [-0.05, 0) is 43.2 Å². The van der Waals surface area contributed by atoms with E-state index in [9.17, 15) is 0 Å². The molecule has 1 N–H and O–H groups in total. The Hall–Kier alpha value is -2.35. The first kappa shape index (κ1) is 11.7. The fourth-order valence-corrected chi connectivity index (χ4v) is 2.29. The van der Waals surface area contributed by atoms with Crippen LogP contribution < -0.4 is 5.32 Å². The fourth-order valence-electron chi connectivity index (χ4n) is 2.29. The summed E-state index contributed by atoms with van der Waals surface area (Å²) in [6.45, 7) is 4.22. The van der Waals surface area contributed by atoms with Gasteiger partial charge in [0.2, 0.25) is 0 Å². The Bertz CT molecular complexity index is 718. The summed E-state index contributed by atoms with van der Waals surface area (Å²) in [6, 6.07) is 18.5. The molecule has 0 spiro atoms. The Labute approximate surface area is 113 Å². The molecule has 0 aliphatic heterocycles. The maximum absolute atomic E-state index is 4.72. The maximum atomic E-state index is 4.72. The molecule has 0 atom stereocenters. The van der Waals surface area contributed by atoms with Crippen LogP contribution in [-0.4, -0.2) is 4.98 Å². The second-order valence-corrected chi connectivity index (χ2v) is 4.79. The number of anilines is 2. The van der Waals surface area contributed by atoms with Gasteiger partial charge in [-0.15, -0.1) is 0 Å². The highest BCUT2D eigenvalue weighted by Crippen LogP contribution is 2.24. The van der Waals surface area contributed by atoms with Crippen molar-refractivity contribution >= 4 is 22.4 Å². The van der Waals surface area contributed by atoms with Crippen molar-refractivity contribution in [1.82, 2.24) is 4.98 Å². The van der Waals surface area contributed by atoms with Gasteiger partial charge in [0.1, 0.15) is 5.82 Å². The Kier molecular flexibility index (Phi) is 2.92. The molecule has 0 saturated carbocycles. The molecule has 2 nitrogen and oxygen atoms in total. The van der Waals surface area contributed by atoms with Crippen LogP contribution in [0.1, 0.15) is 11.1 Å². The molecule has 0 unspecified atom stereocenters. The summed E-state index contributed by atoms with van der Waals surface area (Å²) < 4.78 is 0. The van der Waals surface area contributed by atoms with E-state index in [-0.39, 0.29) is 0 Å². The van der Waals surface area contributed by atoms with Crippen molar-refractivity contribution in [1.29, 1.82) is 0 Å². The minimum absolute atomic E-state index is 0.894. The van der Waals surface area contributed by atoms with Crippen LogP contribution in [0.25, 0.3) is 10.9 Å². The molecule has 2 aromatic carbocycles. The molecule has 94 valence electrons. The third-order valence-electron chi connectivity index (χ3n) is 3.29. The normalized spacial score (nSPS) is 10.6. The molecule has 0 bridgehead atoms. The van der Waals surface area contributed by atoms with Gasteiger partial charge in [-0.25, -0.2) is 4.98 Å². The summed E-state index contributed by atoms with van der Waals surface area (Å²) in [4.78, 5) is 4.72. The number of aryl methyl sites for hydroxylation is 2. The van der Waals surface area contributed by atoms with Gasteiger partial charge in [-0.3, -0.25) is 0 Å². The van der Waals surface area contributed by atoms with Gasteiger partial charge in [-0.1, -0.05) is 36.4 Å². The SMILES string of the molecule is Cc1cc(Nc2ccccc2)nc2c(C)cccc12. The first-order valence-electron chi connectivity index (χ1n) is 6.43. The summed E-state index contributed by atoms with van der Waals surface area (Å²) >= 11 is 0. The van der Waals surface area contributed by atoms with Crippen molar-refractivity contribution in [2.24, 2.45) is 0 Å². The average molecular weight is 248 g/mol. The van der Waals surface area contributed by atoms with Crippen molar-refractivity contribution in [2.75, 3.05) is 5.32 Å². The highest BCUT2D eigenvalue weighted by Gasteiger charge is 2.04. The van der Waals surface area contributed by atoms with Crippen LogP contribution in [0.5, 0.6) is 0 Å². The molecule has 0 aliphatic carbocycles. The summed E-state index contributed by atoms with van der Waals surface area (Å²) in [6.07, 6.45) is 0. The topological polar surface area (TPSA) is 24.9 Å². The standard InChI is InChI=1S/C17H16N2/c1-12-7-6-10-15-13(2)11-16(19-17(12)15)18-14-8-4-3-5-9-14/h3-11H,1-2H3,(H,18,19). The smallest absolute Gasteiger partial charge is 0.131 e. The molecular weight excluding hydrogens is 232 g/mol. The van der Waals surface area contributed by atoms with E-state index in [2.05, 4.69) is 43.4 Å². The van der Waals surface area contributed by atoms with E-state index in [1.54, 1.807) is 0 Å². The van der Waals surface area contributed by atoms with Crippen LogP contribution >= 0.6 is 0 Å². The quantitative estimate of drug-likeness (QED) is 0.717. The van der Waals surface area contributed by atoms with Gasteiger partial charge in [-0.2, -0.15) is 0 Å². The van der Waals surface area contributed by atoms with Crippen LogP contribution in [0.4, 0.5) is 11.5 Å². The number of pyridine rings is 1. The lowest BCUT2D eigenvalue weighted by atomic mass is 10.1. The van der Waals surface area contributed by atoms with Crippen molar-refractivity contribution in [3.8, 4) is 0 Å². The molecule has 3 aromatic rings. The number of nitrogens with one attached hydrogen (secondary N) is 1. The molecule has 1 heterocycles. The summed E-state index contributed by atoms with van der Waals surface area (Å²) in [5.74, 6) is 0.894. The highest BCUT2D eigenvalue weighted by atomic mass is 15.0.